The Labute approximate surface area is 125 Å². The number of rotatable bonds is 7. The molecule has 0 atom stereocenters. The van der Waals surface area contributed by atoms with Crippen LogP contribution >= 0.6 is 0 Å². The topological polar surface area (TPSA) is 55.4 Å². The fraction of sp³-hybridized carbons (Fsp3) is 0.250. The van der Waals surface area contributed by atoms with Gasteiger partial charge in [-0.3, -0.25) is 0 Å². The highest BCUT2D eigenvalue weighted by atomic mass is 32.2. The fourth-order valence-electron chi connectivity index (χ4n) is 1.95. The second kappa shape index (κ2) is 7.24. The monoisotopic (exact) mass is 305 g/mol. The quantitative estimate of drug-likeness (QED) is 0.855. The molecule has 0 fully saturated rings. The molecule has 2 aromatic carbocycles. The van der Waals surface area contributed by atoms with Gasteiger partial charge in [0.05, 0.1) is 12.4 Å². The van der Waals surface area contributed by atoms with Crippen LogP contribution in [0, 0.1) is 0 Å². The lowest BCUT2D eigenvalue weighted by Crippen LogP contribution is -2.24. The fourth-order valence-corrected chi connectivity index (χ4v) is 3.07. The van der Waals surface area contributed by atoms with E-state index < -0.39 is 10.0 Å². The summed E-state index contributed by atoms with van der Waals surface area (Å²) in [7, 11) is -3.35. The third kappa shape index (κ3) is 5.21. The minimum Gasteiger partial charge on any atom is -0.494 e. The highest BCUT2D eigenvalue weighted by molar-refractivity contribution is 7.88. The van der Waals surface area contributed by atoms with Gasteiger partial charge in [0.1, 0.15) is 5.75 Å². The molecule has 0 unspecified atom stereocenters. The first-order valence-corrected chi connectivity index (χ1v) is 8.47. The zero-order valence-electron chi connectivity index (χ0n) is 12.0. The zero-order chi connectivity index (χ0) is 15.1. The summed E-state index contributed by atoms with van der Waals surface area (Å²) in [5.41, 5.74) is 1.64. The molecule has 0 aliphatic rings. The first-order valence-electron chi connectivity index (χ1n) is 6.82. The lowest BCUT2D eigenvalue weighted by Gasteiger charge is -2.08. The molecule has 0 aromatic heterocycles. The van der Waals surface area contributed by atoms with Crippen molar-refractivity contribution >= 4 is 10.0 Å². The summed E-state index contributed by atoms with van der Waals surface area (Å²) in [5, 5.41) is 0. The molecule has 0 saturated heterocycles. The predicted molar refractivity (Wildman–Crippen MR) is 83.5 cm³/mol. The molecular formula is C16H19NO3S. The van der Waals surface area contributed by atoms with Crippen LogP contribution in [0.1, 0.15) is 18.1 Å². The normalized spacial score (nSPS) is 11.3. The number of hydrogen-bond donors (Lipinski definition) is 1. The maximum absolute atomic E-state index is 12.0. The average Bonchev–Trinajstić information content (AvgIpc) is 2.47. The van der Waals surface area contributed by atoms with Crippen LogP contribution < -0.4 is 9.46 Å². The molecule has 0 radical (unpaired) electrons. The Hall–Kier alpha value is -1.85. The van der Waals surface area contributed by atoms with E-state index in [1.807, 2.05) is 49.4 Å². The van der Waals surface area contributed by atoms with Gasteiger partial charge in [-0.25, -0.2) is 13.1 Å². The molecule has 4 nitrogen and oxygen atoms in total. The summed E-state index contributed by atoms with van der Waals surface area (Å²) >= 11 is 0. The van der Waals surface area contributed by atoms with Crippen molar-refractivity contribution in [3.05, 3.63) is 65.7 Å². The Morgan fingerprint density at radius 2 is 1.71 bits per heavy atom. The zero-order valence-corrected chi connectivity index (χ0v) is 12.8. The molecule has 0 heterocycles. The van der Waals surface area contributed by atoms with Crippen molar-refractivity contribution in [3.63, 3.8) is 0 Å². The Kier molecular flexibility index (Phi) is 5.36. The van der Waals surface area contributed by atoms with Crippen LogP contribution in [0.3, 0.4) is 0 Å². The van der Waals surface area contributed by atoms with Gasteiger partial charge in [-0.05, 0) is 30.2 Å². The molecule has 0 spiro atoms. The van der Waals surface area contributed by atoms with Crippen molar-refractivity contribution in [3.8, 4) is 5.75 Å². The van der Waals surface area contributed by atoms with E-state index in [0.717, 1.165) is 16.9 Å². The first-order chi connectivity index (χ1) is 10.1. The largest absolute Gasteiger partial charge is 0.494 e. The second-order valence-electron chi connectivity index (χ2n) is 4.65. The second-order valence-corrected chi connectivity index (χ2v) is 6.45. The molecule has 21 heavy (non-hydrogen) atoms. The number of ether oxygens (including phenoxy) is 1. The Bertz CT molecular complexity index is 669. The van der Waals surface area contributed by atoms with Crippen LogP contribution in [0.25, 0.3) is 0 Å². The smallest absolute Gasteiger partial charge is 0.216 e. The first kappa shape index (κ1) is 15.5. The van der Waals surface area contributed by atoms with Crippen molar-refractivity contribution in [1.82, 2.24) is 4.72 Å². The van der Waals surface area contributed by atoms with Crippen molar-refractivity contribution in [1.29, 1.82) is 0 Å². The van der Waals surface area contributed by atoms with E-state index in [2.05, 4.69) is 4.72 Å². The van der Waals surface area contributed by atoms with E-state index >= 15 is 0 Å². The van der Waals surface area contributed by atoms with E-state index in [0.29, 0.717) is 6.61 Å². The Morgan fingerprint density at radius 1 is 1.00 bits per heavy atom. The van der Waals surface area contributed by atoms with Gasteiger partial charge in [-0.15, -0.1) is 0 Å². The minimum absolute atomic E-state index is 0.0149. The van der Waals surface area contributed by atoms with Gasteiger partial charge in [0.25, 0.3) is 0 Å². The maximum atomic E-state index is 12.0. The molecule has 5 heteroatoms. The summed E-state index contributed by atoms with van der Waals surface area (Å²) in [6.45, 7) is 2.76. The third-order valence-corrected chi connectivity index (χ3v) is 4.20. The number of sulfonamides is 1. The lowest BCUT2D eigenvalue weighted by atomic mass is 10.2. The van der Waals surface area contributed by atoms with Gasteiger partial charge in [-0.1, -0.05) is 42.5 Å². The third-order valence-electron chi connectivity index (χ3n) is 2.91. The van der Waals surface area contributed by atoms with Gasteiger partial charge in [0.15, 0.2) is 0 Å². The van der Waals surface area contributed by atoms with E-state index in [4.69, 9.17) is 4.74 Å². The van der Waals surface area contributed by atoms with E-state index in [1.165, 1.54) is 0 Å². The highest BCUT2D eigenvalue weighted by Gasteiger charge is 2.11. The molecule has 1 N–H and O–H groups in total. The SMILES string of the molecule is CCOc1cccc(CNS(=O)(=O)Cc2ccccc2)c1. The van der Waals surface area contributed by atoms with Crippen molar-refractivity contribution in [2.24, 2.45) is 0 Å². The van der Waals surface area contributed by atoms with E-state index in [9.17, 15) is 8.42 Å². The van der Waals surface area contributed by atoms with Crippen LogP contribution in [-0.2, 0) is 22.3 Å². The summed E-state index contributed by atoms with van der Waals surface area (Å²) in [4.78, 5) is 0. The van der Waals surface area contributed by atoms with Crippen molar-refractivity contribution < 1.29 is 13.2 Å². The van der Waals surface area contributed by atoms with Gasteiger partial charge in [-0.2, -0.15) is 0 Å². The van der Waals surface area contributed by atoms with Gasteiger partial charge < -0.3 is 4.74 Å². The number of hydrogen-bond acceptors (Lipinski definition) is 3. The molecule has 0 aliphatic carbocycles. The van der Waals surface area contributed by atoms with Crippen LogP contribution in [0.5, 0.6) is 5.75 Å². The molecule has 2 aromatic rings. The molecule has 0 aliphatic heterocycles. The van der Waals surface area contributed by atoms with E-state index in [-0.39, 0.29) is 12.3 Å². The molecule has 112 valence electrons. The summed E-state index contributed by atoms with van der Waals surface area (Å²) < 4.78 is 32.1. The molecule has 0 amide bonds. The highest BCUT2D eigenvalue weighted by Crippen LogP contribution is 2.13. The molecular weight excluding hydrogens is 286 g/mol. The number of nitrogens with one attached hydrogen (secondary N) is 1. The van der Waals surface area contributed by atoms with Gasteiger partial charge in [0.2, 0.25) is 10.0 Å². The summed E-state index contributed by atoms with van der Waals surface area (Å²) in [6, 6.07) is 16.5. The van der Waals surface area contributed by atoms with Crippen LogP contribution in [-0.4, -0.2) is 15.0 Å². The van der Waals surface area contributed by atoms with Gasteiger partial charge in [0, 0.05) is 6.54 Å². The standard InChI is InChI=1S/C16H19NO3S/c1-2-20-16-10-6-9-15(11-16)12-17-21(18,19)13-14-7-4-3-5-8-14/h3-11,17H,2,12-13H2,1H3. The van der Waals surface area contributed by atoms with Gasteiger partial charge >= 0.3 is 0 Å². The molecule has 0 saturated carbocycles. The molecule has 0 bridgehead atoms. The lowest BCUT2D eigenvalue weighted by molar-refractivity contribution is 0.340. The number of benzene rings is 2. The minimum atomic E-state index is -3.35. The van der Waals surface area contributed by atoms with Crippen LogP contribution in [0.2, 0.25) is 0 Å². The summed E-state index contributed by atoms with van der Waals surface area (Å²) in [6.07, 6.45) is 0. The van der Waals surface area contributed by atoms with Crippen LogP contribution in [0.4, 0.5) is 0 Å². The Morgan fingerprint density at radius 3 is 2.43 bits per heavy atom. The maximum Gasteiger partial charge on any atom is 0.216 e. The predicted octanol–water partition coefficient (Wildman–Crippen LogP) is 2.70. The van der Waals surface area contributed by atoms with Crippen molar-refractivity contribution in [2.75, 3.05) is 6.61 Å². The van der Waals surface area contributed by atoms with Crippen molar-refractivity contribution in [2.45, 2.75) is 19.2 Å². The average molecular weight is 305 g/mol. The van der Waals surface area contributed by atoms with Crippen LogP contribution in [0.15, 0.2) is 54.6 Å². The molecule has 2 rings (SSSR count). The van der Waals surface area contributed by atoms with E-state index in [1.54, 1.807) is 12.1 Å². The summed E-state index contributed by atoms with van der Waals surface area (Å²) in [5.74, 6) is 0.733. The Balaban J connectivity index is 1.97.